The minimum Gasteiger partial charge on any atom is -0.341 e. The van der Waals surface area contributed by atoms with Gasteiger partial charge in [0.15, 0.2) is 0 Å². The molecule has 0 atom stereocenters. The Hall–Kier alpha value is -1.36. The first-order chi connectivity index (χ1) is 7.31. The normalized spacial score (nSPS) is 18.1. The van der Waals surface area contributed by atoms with Gasteiger partial charge in [-0.25, -0.2) is 4.98 Å². The van der Waals surface area contributed by atoms with Crippen molar-refractivity contribution in [2.24, 2.45) is 11.7 Å². The molecule has 5 nitrogen and oxygen atoms in total. The number of H-pyrrole nitrogens is 1. The van der Waals surface area contributed by atoms with E-state index in [0.717, 1.165) is 32.5 Å². The number of nitrogens with one attached hydrogen (secondary N) is 1. The molecule has 0 radical (unpaired) electrons. The van der Waals surface area contributed by atoms with Crippen LogP contribution in [0.1, 0.15) is 23.3 Å². The molecule has 1 fully saturated rings. The molecule has 0 spiro atoms. The van der Waals surface area contributed by atoms with Gasteiger partial charge in [-0.2, -0.15) is 0 Å². The fourth-order valence-corrected chi connectivity index (χ4v) is 1.91. The Kier molecular flexibility index (Phi) is 3.01. The van der Waals surface area contributed by atoms with Crippen molar-refractivity contribution < 1.29 is 4.79 Å². The van der Waals surface area contributed by atoms with Crippen LogP contribution in [0.5, 0.6) is 0 Å². The van der Waals surface area contributed by atoms with Crippen LogP contribution in [0.3, 0.4) is 0 Å². The summed E-state index contributed by atoms with van der Waals surface area (Å²) in [4.78, 5) is 20.4. The molecule has 0 aliphatic carbocycles. The molecule has 1 aliphatic rings. The minimum atomic E-state index is 0.0444. The first-order valence-electron chi connectivity index (χ1n) is 5.29. The van der Waals surface area contributed by atoms with Gasteiger partial charge in [-0.05, 0) is 25.3 Å². The predicted octanol–water partition coefficient (Wildman–Crippen LogP) is 0.221. The van der Waals surface area contributed by atoms with Gasteiger partial charge in [-0.1, -0.05) is 0 Å². The number of hydrogen-bond donors (Lipinski definition) is 2. The van der Waals surface area contributed by atoms with Gasteiger partial charge in [0.25, 0.3) is 5.91 Å². The first kappa shape index (κ1) is 10.2. The lowest BCUT2D eigenvalue weighted by atomic mass is 9.97. The molecule has 2 heterocycles. The van der Waals surface area contributed by atoms with E-state index in [4.69, 9.17) is 5.73 Å². The smallest absolute Gasteiger partial charge is 0.271 e. The molecule has 1 amide bonds. The fraction of sp³-hybridized carbons (Fsp3) is 0.600. The van der Waals surface area contributed by atoms with Crippen LogP contribution >= 0.6 is 0 Å². The number of hydrogen-bond acceptors (Lipinski definition) is 3. The fourth-order valence-electron chi connectivity index (χ4n) is 1.91. The molecular formula is C10H16N4O. The van der Waals surface area contributed by atoms with Crippen molar-refractivity contribution in [2.75, 3.05) is 19.6 Å². The Labute approximate surface area is 88.7 Å². The third-order valence-electron chi connectivity index (χ3n) is 2.96. The summed E-state index contributed by atoms with van der Waals surface area (Å²) in [6, 6.07) is 0. The van der Waals surface area contributed by atoms with Crippen molar-refractivity contribution in [2.45, 2.75) is 12.8 Å². The zero-order valence-electron chi connectivity index (χ0n) is 8.65. The van der Waals surface area contributed by atoms with Gasteiger partial charge in [-0.3, -0.25) is 4.79 Å². The number of nitrogens with zero attached hydrogens (tertiary/aromatic N) is 2. The van der Waals surface area contributed by atoms with Crippen LogP contribution in [0.2, 0.25) is 0 Å². The highest BCUT2D eigenvalue weighted by atomic mass is 16.2. The Morgan fingerprint density at radius 2 is 2.33 bits per heavy atom. The number of amides is 1. The Bertz CT molecular complexity index is 314. The van der Waals surface area contributed by atoms with E-state index in [0.29, 0.717) is 11.6 Å². The lowest BCUT2D eigenvalue weighted by Crippen LogP contribution is -2.40. The second kappa shape index (κ2) is 4.44. The molecule has 0 saturated carbocycles. The van der Waals surface area contributed by atoms with E-state index in [1.807, 2.05) is 4.90 Å². The van der Waals surface area contributed by atoms with Crippen LogP contribution in [0.15, 0.2) is 12.5 Å². The summed E-state index contributed by atoms with van der Waals surface area (Å²) in [6.07, 6.45) is 5.12. The second-order valence-corrected chi connectivity index (χ2v) is 3.94. The molecule has 1 aromatic heterocycles. The standard InChI is InChI=1S/C10H16N4O/c11-5-8-1-3-14(4-2-8)10(15)9-6-12-7-13-9/h6-8H,1-5,11H2,(H,12,13). The van der Waals surface area contributed by atoms with Crippen LogP contribution in [0, 0.1) is 5.92 Å². The topological polar surface area (TPSA) is 75.0 Å². The molecule has 3 N–H and O–H groups in total. The zero-order chi connectivity index (χ0) is 10.7. The third-order valence-corrected chi connectivity index (χ3v) is 2.96. The van der Waals surface area contributed by atoms with E-state index in [2.05, 4.69) is 9.97 Å². The lowest BCUT2D eigenvalue weighted by Gasteiger charge is -2.30. The Morgan fingerprint density at radius 3 is 2.87 bits per heavy atom. The van der Waals surface area contributed by atoms with Crippen LogP contribution in [-0.4, -0.2) is 40.4 Å². The molecule has 0 bridgehead atoms. The second-order valence-electron chi connectivity index (χ2n) is 3.94. The van der Waals surface area contributed by atoms with Crippen molar-refractivity contribution in [3.05, 3.63) is 18.2 Å². The molecule has 1 saturated heterocycles. The lowest BCUT2D eigenvalue weighted by molar-refractivity contribution is 0.0688. The molecular weight excluding hydrogens is 192 g/mol. The maximum Gasteiger partial charge on any atom is 0.271 e. The number of piperidine rings is 1. The van der Waals surface area contributed by atoms with Crippen LogP contribution in [0.25, 0.3) is 0 Å². The van der Waals surface area contributed by atoms with Gasteiger partial charge in [0.2, 0.25) is 0 Å². The van der Waals surface area contributed by atoms with E-state index in [9.17, 15) is 4.79 Å². The number of carbonyl (C=O) groups is 1. The van der Waals surface area contributed by atoms with E-state index in [1.165, 1.54) is 6.33 Å². The van der Waals surface area contributed by atoms with Gasteiger partial charge < -0.3 is 15.6 Å². The number of rotatable bonds is 2. The molecule has 0 unspecified atom stereocenters. The summed E-state index contributed by atoms with van der Waals surface area (Å²) >= 11 is 0. The van der Waals surface area contributed by atoms with Crippen molar-refractivity contribution in [3.63, 3.8) is 0 Å². The summed E-state index contributed by atoms with van der Waals surface area (Å²) in [5, 5.41) is 0. The highest BCUT2D eigenvalue weighted by Gasteiger charge is 2.23. The van der Waals surface area contributed by atoms with Crippen molar-refractivity contribution in [1.82, 2.24) is 14.9 Å². The highest BCUT2D eigenvalue weighted by molar-refractivity contribution is 5.92. The van der Waals surface area contributed by atoms with Gasteiger partial charge in [-0.15, -0.1) is 0 Å². The maximum atomic E-state index is 11.9. The largest absolute Gasteiger partial charge is 0.341 e. The minimum absolute atomic E-state index is 0.0444. The van der Waals surface area contributed by atoms with Crippen LogP contribution in [0.4, 0.5) is 0 Å². The highest BCUT2D eigenvalue weighted by Crippen LogP contribution is 2.17. The molecule has 1 aliphatic heterocycles. The summed E-state index contributed by atoms with van der Waals surface area (Å²) in [6.45, 7) is 2.34. The monoisotopic (exact) mass is 208 g/mol. The maximum absolute atomic E-state index is 11.9. The third kappa shape index (κ3) is 2.18. The van der Waals surface area contributed by atoms with Gasteiger partial charge >= 0.3 is 0 Å². The molecule has 15 heavy (non-hydrogen) atoms. The average molecular weight is 208 g/mol. The van der Waals surface area contributed by atoms with E-state index >= 15 is 0 Å². The van der Waals surface area contributed by atoms with E-state index in [-0.39, 0.29) is 5.91 Å². The Morgan fingerprint density at radius 1 is 1.60 bits per heavy atom. The zero-order valence-corrected chi connectivity index (χ0v) is 8.65. The van der Waals surface area contributed by atoms with Crippen molar-refractivity contribution >= 4 is 5.91 Å². The van der Waals surface area contributed by atoms with Crippen molar-refractivity contribution in [3.8, 4) is 0 Å². The SMILES string of the molecule is NCC1CCN(C(=O)c2cnc[nH]2)CC1. The number of carbonyl (C=O) groups excluding carboxylic acids is 1. The quantitative estimate of drug-likeness (QED) is 0.730. The Balaban J connectivity index is 1.93. The number of likely N-dealkylation sites (tertiary alicyclic amines) is 1. The number of aromatic nitrogens is 2. The molecule has 82 valence electrons. The van der Waals surface area contributed by atoms with Crippen molar-refractivity contribution in [1.29, 1.82) is 0 Å². The van der Waals surface area contributed by atoms with Crippen LogP contribution in [-0.2, 0) is 0 Å². The number of nitrogens with two attached hydrogens (primary N) is 1. The van der Waals surface area contributed by atoms with Crippen LogP contribution < -0.4 is 5.73 Å². The summed E-state index contributed by atoms with van der Waals surface area (Å²) in [7, 11) is 0. The molecule has 5 heteroatoms. The molecule has 1 aromatic rings. The first-order valence-corrected chi connectivity index (χ1v) is 5.29. The summed E-state index contributed by atoms with van der Waals surface area (Å²) < 4.78 is 0. The van der Waals surface area contributed by atoms with Gasteiger partial charge in [0.05, 0.1) is 12.5 Å². The van der Waals surface area contributed by atoms with Gasteiger partial charge in [0, 0.05) is 13.1 Å². The number of imidazole rings is 1. The molecule has 0 aromatic carbocycles. The van der Waals surface area contributed by atoms with E-state index in [1.54, 1.807) is 6.20 Å². The predicted molar refractivity (Wildman–Crippen MR) is 56.3 cm³/mol. The average Bonchev–Trinajstić information content (AvgIpc) is 2.82. The number of aromatic amines is 1. The molecule has 2 rings (SSSR count). The van der Waals surface area contributed by atoms with Gasteiger partial charge in [0.1, 0.15) is 5.69 Å². The van der Waals surface area contributed by atoms with E-state index < -0.39 is 0 Å². The summed E-state index contributed by atoms with van der Waals surface area (Å²) in [5.41, 5.74) is 6.17. The summed E-state index contributed by atoms with van der Waals surface area (Å²) in [5.74, 6) is 0.624.